The van der Waals surface area contributed by atoms with Crippen LogP contribution in [0.4, 0.5) is 0 Å². The third-order valence-corrected chi connectivity index (χ3v) is 5.91. The van der Waals surface area contributed by atoms with Gasteiger partial charge in [0.15, 0.2) is 5.82 Å². The fraction of sp³-hybridized carbons (Fsp3) is 0.375. The van der Waals surface area contributed by atoms with Gasteiger partial charge in [0, 0.05) is 5.92 Å². The first-order valence-corrected chi connectivity index (χ1v) is 11.1. The lowest BCUT2D eigenvalue weighted by Gasteiger charge is -2.33. The Labute approximate surface area is 193 Å². The molecule has 0 amide bonds. The number of rotatable bonds is 6. The molecule has 2 aliphatic rings. The van der Waals surface area contributed by atoms with E-state index in [4.69, 9.17) is 20.9 Å². The Balaban J connectivity index is 1.43. The van der Waals surface area contributed by atoms with Gasteiger partial charge in [-0.3, -0.25) is 0 Å². The Bertz CT molecular complexity index is 1070. The SMILES string of the molecule is C=C1C(=C(C)C)N(C(=C)Cl)N=CN1Cc1nc([C@@H]2CO[C@@H](c3ccc(CC)cc3)C2)no1. The van der Waals surface area contributed by atoms with Gasteiger partial charge in [-0.2, -0.15) is 10.1 Å². The zero-order valence-electron chi connectivity index (χ0n) is 18.7. The van der Waals surface area contributed by atoms with E-state index in [1.54, 1.807) is 11.3 Å². The molecule has 0 bridgehead atoms. The minimum Gasteiger partial charge on any atom is -0.373 e. The van der Waals surface area contributed by atoms with E-state index in [1.807, 2.05) is 18.7 Å². The number of allylic oxidation sites excluding steroid dienone is 1. The van der Waals surface area contributed by atoms with Crippen LogP contribution in [0.1, 0.15) is 62.1 Å². The van der Waals surface area contributed by atoms with Gasteiger partial charge in [-0.1, -0.05) is 61.1 Å². The summed E-state index contributed by atoms with van der Waals surface area (Å²) >= 11 is 6.09. The Morgan fingerprint density at radius 2 is 2.00 bits per heavy atom. The van der Waals surface area contributed by atoms with E-state index < -0.39 is 0 Å². The number of ether oxygens (including phenoxy) is 1. The topological polar surface area (TPSA) is 67.0 Å². The molecular weight excluding hydrogens is 426 g/mol. The normalized spacial score (nSPS) is 20.9. The highest BCUT2D eigenvalue weighted by Crippen LogP contribution is 2.37. The van der Waals surface area contributed by atoms with E-state index in [1.165, 1.54) is 11.1 Å². The van der Waals surface area contributed by atoms with Crippen LogP contribution < -0.4 is 0 Å². The minimum absolute atomic E-state index is 0.0525. The zero-order valence-corrected chi connectivity index (χ0v) is 19.5. The molecule has 168 valence electrons. The number of benzene rings is 1. The van der Waals surface area contributed by atoms with Crippen molar-refractivity contribution < 1.29 is 9.26 Å². The van der Waals surface area contributed by atoms with E-state index in [-0.39, 0.29) is 12.0 Å². The molecule has 0 radical (unpaired) electrons. The summed E-state index contributed by atoms with van der Waals surface area (Å²) in [7, 11) is 0. The molecule has 1 saturated heterocycles. The number of nitrogens with zero attached hydrogens (tertiary/aromatic N) is 5. The minimum atomic E-state index is 0.0525. The maximum Gasteiger partial charge on any atom is 0.246 e. The standard InChI is InChI=1S/C24H28ClN5O2/c1-6-18-7-9-19(10-8-18)21-11-20(13-31-21)24-27-22(32-28-24)12-29-14-26-30(17(5)25)23(15(2)3)16(29)4/h7-10,14,20-21H,4-6,11-13H2,1-3H3/t20-,21+/m0/s1. The Morgan fingerprint density at radius 3 is 2.66 bits per heavy atom. The van der Waals surface area contributed by atoms with Crippen molar-refractivity contribution in [2.75, 3.05) is 6.61 Å². The highest BCUT2D eigenvalue weighted by molar-refractivity contribution is 6.29. The van der Waals surface area contributed by atoms with Crippen molar-refractivity contribution in [3.63, 3.8) is 0 Å². The quantitative estimate of drug-likeness (QED) is 0.541. The molecule has 2 aliphatic heterocycles. The van der Waals surface area contributed by atoms with Crippen LogP contribution in [0.15, 0.2) is 69.2 Å². The van der Waals surface area contributed by atoms with Gasteiger partial charge in [-0.15, -0.1) is 0 Å². The van der Waals surface area contributed by atoms with E-state index in [0.717, 1.165) is 29.8 Å². The van der Waals surface area contributed by atoms with E-state index >= 15 is 0 Å². The van der Waals surface area contributed by atoms with Crippen LogP contribution >= 0.6 is 11.6 Å². The van der Waals surface area contributed by atoms with Crippen LogP contribution in [-0.4, -0.2) is 33.0 Å². The number of aromatic nitrogens is 2. The van der Waals surface area contributed by atoms with Gasteiger partial charge in [0.2, 0.25) is 5.89 Å². The van der Waals surface area contributed by atoms with Crippen molar-refractivity contribution in [3.05, 3.63) is 82.4 Å². The van der Waals surface area contributed by atoms with Crippen LogP contribution in [0.5, 0.6) is 0 Å². The smallest absolute Gasteiger partial charge is 0.246 e. The second kappa shape index (κ2) is 9.30. The maximum absolute atomic E-state index is 6.09. The van der Waals surface area contributed by atoms with E-state index in [0.29, 0.717) is 30.0 Å². The Hall–Kier alpha value is -2.90. The molecule has 0 spiro atoms. The number of hydrogen-bond donors (Lipinski definition) is 0. The second-order valence-corrected chi connectivity index (χ2v) is 8.67. The lowest BCUT2D eigenvalue weighted by Crippen LogP contribution is -2.33. The predicted octanol–water partition coefficient (Wildman–Crippen LogP) is 5.46. The monoisotopic (exact) mass is 453 g/mol. The Morgan fingerprint density at radius 1 is 1.25 bits per heavy atom. The van der Waals surface area contributed by atoms with Crippen LogP contribution in [-0.2, 0) is 17.7 Å². The van der Waals surface area contributed by atoms with Crippen molar-refractivity contribution in [3.8, 4) is 0 Å². The highest BCUT2D eigenvalue weighted by Gasteiger charge is 2.32. The summed E-state index contributed by atoms with van der Waals surface area (Å²) in [5.74, 6) is 1.27. The van der Waals surface area contributed by atoms with Crippen molar-refractivity contribution in [1.29, 1.82) is 0 Å². The van der Waals surface area contributed by atoms with Crippen molar-refractivity contribution in [2.24, 2.45) is 5.10 Å². The first kappa shape index (κ1) is 22.3. The number of aryl methyl sites for hydroxylation is 1. The van der Waals surface area contributed by atoms with E-state index in [2.05, 4.69) is 59.6 Å². The van der Waals surface area contributed by atoms with E-state index in [9.17, 15) is 0 Å². The van der Waals surface area contributed by atoms with Gasteiger partial charge in [0.25, 0.3) is 0 Å². The second-order valence-electron chi connectivity index (χ2n) is 8.24. The summed E-state index contributed by atoms with van der Waals surface area (Å²) in [6.07, 6.45) is 3.55. The summed E-state index contributed by atoms with van der Waals surface area (Å²) in [5.41, 5.74) is 5.07. The zero-order chi connectivity index (χ0) is 22.8. The fourth-order valence-corrected chi connectivity index (χ4v) is 4.10. The molecule has 3 heterocycles. The molecule has 2 atom stereocenters. The molecule has 1 aromatic carbocycles. The lowest BCUT2D eigenvalue weighted by molar-refractivity contribution is 0.110. The lowest BCUT2D eigenvalue weighted by atomic mass is 9.99. The first-order chi connectivity index (χ1) is 15.4. The number of hydrogen-bond acceptors (Lipinski definition) is 7. The van der Waals surface area contributed by atoms with Crippen molar-refractivity contribution in [2.45, 2.75) is 52.2 Å². The summed E-state index contributed by atoms with van der Waals surface area (Å²) < 4.78 is 11.6. The predicted molar refractivity (Wildman–Crippen MR) is 125 cm³/mol. The number of hydrazone groups is 1. The van der Waals surface area contributed by atoms with Gasteiger partial charge >= 0.3 is 0 Å². The molecule has 0 unspecified atom stereocenters. The largest absolute Gasteiger partial charge is 0.373 e. The van der Waals surface area contributed by atoms with Crippen LogP contribution in [0, 0.1) is 0 Å². The molecule has 0 saturated carbocycles. The van der Waals surface area contributed by atoms with Gasteiger partial charge in [-0.25, -0.2) is 5.01 Å². The van der Waals surface area contributed by atoms with Crippen LogP contribution in [0.3, 0.4) is 0 Å². The molecule has 0 N–H and O–H groups in total. The van der Waals surface area contributed by atoms with Gasteiger partial charge < -0.3 is 14.2 Å². The molecule has 2 aromatic rings. The summed E-state index contributed by atoms with van der Waals surface area (Å²) in [6, 6.07) is 8.61. The summed E-state index contributed by atoms with van der Waals surface area (Å²) in [4.78, 5) is 6.49. The third-order valence-electron chi connectivity index (χ3n) is 5.75. The van der Waals surface area contributed by atoms with Crippen LogP contribution in [0.2, 0.25) is 0 Å². The molecule has 4 rings (SSSR count). The average molecular weight is 454 g/mol. The first-order valence-electron chi connectivity index (χ1n) is 10.7. The third kappa shape index (κ3) is 4.49. The van der Waals surface area contributed by atoms with Gasteiger partial charge in [-0.05, 0) is 43.4 Å². The summed E-state index contributed by atoms with van der Waals surface area (Å²) in [5, 5.41) is 10.5. The average Bonchev–Trinajstić information content (AvgIpc) is 3.44. The summed E-state index contributed by atoms with van der Waals surface area (Å²) in [6.45, 7) is 15.0. The molecule has 0 aliphatic carbocycles. The molecule has 1 aromatic heterocycles. The maximum atomic E-state index is 6.09. The van der Waals surface area contributed by atoms with Crippen molar-refractivity contribution >= 4 is 17.9 Å². The molecule has 7 nitrogen and oxygen atoms in total. The Kier molecular flexibility index (Phi) is 6.48. The van der Waals surface area contributed by atoms with Crippen molar-refractivity contribution in [1.82, 2.24) is 20.0 Å². The molecular formula is C24H28ClN5O2. The molecule has 8 heteroatoms. The van der Waals surface area contributed by atoms with Gasteiger partial charge in [0.05, 0.1) is 24.1 Å². The highest BCUT2D eigenvalue weighted by atomic mass is 35.5. The molecule has 1 fully saturated rings. The van der Waals surface area contributed by atoms with Gasteiger partial charge in [0.1, 0.15) is 18.0 Å². The number of halogens is 1. The fourth-order valence-electron chi connectivity index (χ4n) is 3.97. The molecule has 32 heavy (non-hydrogen) atoms. The van der Waals surface area contributed by atoms with Crippen LogP contribution in [0.25, 0.3) is 0 Å².